The van der Waals surface area contributed by atoms with Crippen LogP contribution < -0.4 is 0 Å². The average Bonchev–Trinajstić information content (AvgIpc) is 3.57. The fourth-order valence-electron chi connectivity index (χ4n) is 11.3. The molecule has 0 aromatic heterocycles. The maximum Gasteiger partial charge on any atom is 0.104 e. The molecule has 188 valence electrons. The fourth-order valence-corrected chi connectivity index (χ4v) is 11.3. The molecule has 3 heteroatoms. The van der Waals surface area contributed by atoms with Crippen molar-refractivity contribution in [1.82, 2.24) is 0 Å². The molecule has 6 aliphatic rings. The third-order valence-electron chi connectivity index (χ3n) is 13.8. The van der Waals surface area contributed by atoms with Crippen LogP contribution in [0.5, 0.6) is 0 Å². The molecule has 2 aliphatic heterocycles. The Labute approximate surface area is 202 Å². The second-order valence-corrected chi connectivity index (χ2v) is 15.3. The molecule has 4 aliphatic carbocycles. The van der Waals surface area contributed by atoms with Crippen LogP contribution in [0.1, 0.15) is 120 Å². The van der Waals surface area contributed by atoms with Crippen LogP contribution in [0.15, 0.2) is 0 Å². The molecule has 6 rings (SSSR count). The Morgan fingerprint density at radius 1 is 0.818 bits per heavy atom. The normalized spacial score (nSPS) is 58.5. The Kier molecular flexibility index (Phi) is 4.52. The van der Waals surface area contributed by atoms with Crippen LogP contribution in [0.2, 0.25) is 0 Å². The van der Waals surface area contributed by atoms with Gasteiger partial charge in [0.15, 0.2) is 0 Å². The van der Waals surface area contributed by atoms with Gasteiger partial charge in [-0.25, -0.2) is 0 Å². The smallest absolute Gasteiger partial charge is 0.104 e. The minimum atomic E-state index is -0.167. The highest BCUT2D eigenvalue weighted by Crippen LogP contribution is 2.86. The first kappa shape index (κ1) is 23.3. The predicted molar refractivity (Wildman–Crippen MR) is 132 cm³/mol. The molecular formula is C30H50O3. The van der Waals surface area contributed by atoms with Crippen LogP contribution in [0.4, 0.5) is 0 Å². The van der Waals surface area contributed by atoms with Crippen LogP contribution in [0.3, 0.4) is 0 Å². The van der Waals surface area contributed by atoms with Gasteiger partial charge in [0, 0.05) is 10.8 Å². The van der Waals surface area contributed by atoms with Crippen LogP contribution in [0.25, 0.3) is 0 Å². The molecule has 33 heavy (non-hydrogen) atoms. The van der Waals surface area contributed by atoms with Gasteiger partial charge >= 0.3 is 0 Å². The zero-order chi connectivity index (χ0) is 23.9. The number of fused-ring (bicyclic) bond motifs is 2. The van der Waals surface area contributed by atoms with Crippen molar-refractivity contribution in [2.75, 3.05) is 0 Å². The van der Waals surface area contributed by atoms with E-state index in [-0.39, 0.29) is 39.2 Å². The lowest BCUT2D eigenvalue weighted by Gasteiger charge is -2.64. The highest BCUT2D eigenvalue weighted by atomic mass is 16.6. The Morgan fingerprint density at radius 2 is 1.52 bits per heavy atom. The van der Waals surface area contributed by atoms with Gasteiger partial charge < -0.3 is 14.6 Å². The summed E-state index contributed by atoms with van der Waals surface area (Å²) < 4.78 is 13.2. The molecule has 0 bridgehead atoms. The van der Waals surface area contributed by atoms with E-state index in [0.29, 0.717) is 17.4 Å². The molecule has 0 spiro atoms. The molecule has 2 saturated heterocycles. The fraction of sp³-hybridized carbons (Fsp3) is 1.00. The summed E-state index contributed by atoms with van der Waals surface area (Å²) in [5.74, 6) is 2.13. The molecule has 2 heterocycles. The van der Waals surface area contributed by atoms with Gasteiger partial charge in [-0.2, -0.15) is 0 Å². The zero-order valence-electron chi connectivity index (χ0n) is 22.7. The molecular weight excluding hydrogens is 408 g/mol. The largest absolute Gasteiger partial charge is 0.393 e. The topological polar surface area (TPSA) is 45.3 Å². The minimum Gasteiger partial charge on any atom is -0.393 e. The lowest BCUT2D eigenvalue weighted by atomic mass is 9.38. The molecule has 0 amide bonds. The van der Waals surface area contributed by atoms with Crippen LogP contribution >= 0.6 is 0 Å². The van der Waals surface area contributed by atoms with Crippen molar-refractivity contribution >= 4 is 0 Å². The summed E-state index contributed by atoms with van der Waals surface area (Å²) in [6.45, 7) is 19.5. The summed E-state index contributed by atoms with van der Waals surface area (Å²) in [7, 11) is 0. The third-order valence-corrected chi connectivity index (χ3v) is 13.8. The van der Waals surface area contributed by atoms with E-state index < -0.39 is 0 Å². The Morgan fingerprint density at radius 3 is 2.18 bits per heavy atom. The van der Waals surface area contributed by atoms with E-state index >= 15 is 0 Å². The first-order valence-corrected chi connectivity index (χ1v) is 14.3. The Bertz CT molecular complexity index is 849. The van der Waals surface area contributed by atoms with E-state index in [1.54, 1.807) is 0 Å². The number of aliphatic hydroxyl groups excluding tert-OH is 1. The van der Waals surface area contributed by atoms with Crippen molar-refractivity contribution in [1.29, 1.82) is 0 Å². The van der Waals surface area contributed by atoms with Gasteiger partial charge in [-0.15, -0.1) is 0 Å². The predicted octanol–water partition coefficient (Wildman–Crippen LogP) is 6.90. The monoisotopic (exact) mass is 458 g/mol. The third kappa shape index (κ3) is 2.49. The molecule has 3 nitrogen and oxygen atoms in total. The molecule has 1 N–H and O–H groups in total. The summed E-state index contributed by atoms with van der Waals surface area (Å²) in [4.78, 5) is 0. The van der Waals surface area contributed by atoms with Gasteiger partial charge in [0.2, 0.25) is 0 Å². The van der Waals surface area contributed by atoms with E-state index in [4.69, 9.17) is 9.47 Å². The number of rotatable bonds is 4. The van der Waals surface area contributed by atoms with E-state index in [2.05, 4.69) is 55.4 Å². The molecule has 0 radical (unpaired) electrons. The number of aliphatic hydroxyl groups is 1. The van der Waals surface area contributed by atoms with Gasteiger partial charge in [0.1, 0.15) is 11.2 Å². The van der Waals surface area contributed by atoms with Gasteiger partial charge in [0.25, 0.3) is 0 Å². The average molecular weight is 459 g/mol. The van der Waals surface area contributed by atoms with Gasteiger partial charge in [-0.05, 0) is 107 Å². The van der Waals surface area contributed by atoms with E-state index in [0.717, 1.165) is 24.7 Å². The van der Waals surface area contributed by atoms with Crippen LogP contribution in [-0.4, -0.2) is 34.1 Å². The van der Waals surface area contributed by atoms with E-state index in [1.807, 2.05) is 0 Å². The molecule has 0 aromatic rings. The Hall–Kier alpha value is -0.120. The summed E-state index contributed by atoms with van der Waals surface area (Å²) in [5.41, 5.74) is 1.10. The van der Waals surface area contributed by atoms with Crippen molar-refractivity contribution in [2.24, 2.45) is 39.4 Å². The van der Waals surface area contributed by atoms with Gasteiger partial charge in [-0.3, -0.25) is 0 Å². The van der Waals surface area contributed by atoms with Gasteiger partial charge in [0.05, 0.1) is 17.8 Å². The summed E-state index contributed by atoms with van der Waals surface area (Å²) in [5, 5.41) is 10.9. The molecule has 10 atom stereocenters. The first-order chi connectivity index (χ1) is 15.2. The summed E-state index contributed by atoms with van der Waals surface area (Å²) in [6, 6.07) is 0. The molecule has 5 unspecified atom stereocenters. The second kappa shape index (κ2) is 6.41. The standard InChI is InChI=1S/C30H50O3/c1-19(9-10-23-25(4,5)32-23)20-11-15-28(8)26(20,6)17-18-29-27(7)14-13-22(31)24(2,3)21(27)12-16-30(28,29)33-29/h19-23,31H,9-18H2,1-8H3/t19?,20?,21-,22-,23?,26+,27-,28+,29?,30?/m0/s1. The first-order valence-electron chi connectivity index (χ1n) is 14.3. The van der Waals surface area contributed by atoms with Crippen molar-refractivity contribution in [3.8, 4) is 0 Å². The van der Waals surface area contributed by atoms with Crippen LogP contribution in [-0.2, 0) is 9.47 Å². The maximum absolute atomic E-state index is 10.9. The summed E-state index contributed by atoms with van der Waals surface area (Å²) in [6.07, 6.45) is 12.6. The SMILES string of the molecule is CC(CCC1OC1(C)C)C1CC[C@@]2(C)C34CC[C@H]5C(C)(C)[C@@H](O)CC[C@]5(C)C3(CC[C@]12C)O4. The lowest BCUT2D eigenvalue weighted by Crippen LogP contribution is -2.66. The number of epoxide rings is 2. The van der Waals surface area contributed by atoms with E-state index in [9.17, 15) is 5.11 Å². The molecule has 4 saturated carbocycles. The summed E-state index contributed by atoms with van der Waals surface area (Å²) >= 11 is 0. The Balaban J connectivity index is 1.28. The molecule has 6 fully saturated rings. The second-order valence-electron chi connectivity index (χ2n) is 15.3. The minimum absolute atomic E-state index is 0.00704. The van der Waals surface area contributed by atoms with Gasteiger partial charge in [-0.1, -0.05) is 41.5 Å². The maximum atomic E-state index is 10.9. The number of hydrogen-bond donors (Lipinski definition) is 1. The quantitative estimate of drug-likeness (QED) is 0.466. The number of hydrogen-bond acceptors (Lipinski definition) is 3. The number of ether oxygens (including phenoxy) is 2. The van der Waals surface area contributed by atoms with Crippen molar-refractivity contribution in [3.63, 3.8) is 0 Å². The highest BCUT2D eigenvalue weighted by Gasteiger charge is 2.90. The van der Waals surface area contributed by atoms with Crippen molar-refractivity contribution < 1.29 is 14.6 Å². The van der Waals surface area contributed by atoms with Crippen LogP contribution in [0, 0.1) is 39.4 Å². The lowest BCUT2D eigenvalue weighted by molar-refractivity contribution is -0.158. The van der Waals surface area contributed by atoms with E-state index in [1.165, 1.54) is 51.4 Å². The van der Waals surface area contributed by atoms with Crippen molar-refractivity contribution in [3.05, 3.63) is 0 Å². The van der Waals surface area contributed by atoms with Crippen molar-refractivity contribution in [2.45, 2.75) is 149 Å². The zero-order valence-corrected chi connectivity index (χ0v) is 22.7. The highest BCUT2D eigenvalue weighted by molar-refractivity contribution is 5.38. The molecule has 0 aromatic carbocycles.